The number of hydrogen-bond donors (Lipinski definition) is 1. The van der Waals surface area contributed by atoms with Gasteiger partial charge in [-0.1, -0.05) is 44.9 Å². The SMILES string of the molecule is CN1C(=O)C(CC2CCCCC2)C(C[C@H]2CCC[C@H](N3CCCC3)C2)N=C1N. The first-order valence-corrected chi connectivity index (χ1v) is 12.0. The first-order chi connectivity index (χ1) is 13.6. The molecule has 1 amide bonds. The van der Waals surface area contributed by atoms with E-state index in [9.17, 15) is 4.79 Å². The molecular weight excluding hydrogens is 348 g/mol. The van der Waals surface area contributed by atoms with E-state index in [0.29, 0.717) is 17.8 Å². The van der Waals surface area contributed by atoms with Crippen molar-refractivity contribution in [2.24, 2.45) is 28.5 Å². The molecular formula is C23H40N4O. The number of nitrogens with zero attached hydrogens (tertiary/aromatic N) is 3. The molecule has 0 aromatic rings. The van der Waals surface area contributed by atoms with Gasteiger partial charge < -0.3 is 10.6 Å². The Kier molecular flexibility index (Phi) is 6.59. The molecule has 0 spiro atoms. The van der Waals surface area contributed by atoms with E-state index in [2.05, 4.69) is 4.90 Å². The van der Waals surface area contributed by atoms with Crippen LogP contribution in [0.5, 0.6) is 0 Å². The van der Waals surface area contributed by atoms with Crippen LogP contribution in [0.4, 0.5) is 0 Å². The zero-order chi connectivity index (χ0) is 19.5. The minimum Gasteiger partial charge on any atom is -0.369 e. The average molecular weight is 389 g/mol. The molecule has 5 heteroatoms. The van der Waals surface area contributed by atoms with Gasteiger partial charge >= 0.3 is 0 Å². The molecule has 4 aliphatic rings. The number of aliphatic imine (C=N–C) groups is 1. The smallest absolute Gasteiger partial charge is 0.234 e. The molecule has 4 atom stereocenters. The van der Waals surface area contributed by atoms with Crippen molar-refractivity contribution in [1.29, 1.82) is 0 Å². The van der Waals surface area contributed by atoms with Gasteiger partial charge in [0.2, 0.25) is 5.91 Å². The second kappa shape index (κ2) is 9.15. The highest BCUT2D eigenvalue weighted by Gasteiger charge is 2.39. The molecule has 2 aliphatic heterocycles. The number of rotatable bonds is 5. The third-order valence-corrected chi connectivity index (χ3v) is 8.05. The van der Waals surface area contributed by atoms with Crippen molar-refractivity contribution in [1.82, 2.24) is 9.80 Å². The molecule has 2 aliphatic carbocycles. The molecule has 0 aromatic carbocycles. The number of guanidine groups is 1. The summed E-state index contributed by atoms with van der Waals surface area (Å²) in [5.74, 6) is 2.10. The van der Waals surface area contributed by atoms with Crippen LogP contribution in [0.15, 0.2) is 4.99 Å². The van der Waals surface area contributed by atoms with E-state index in [4.69, 9.17) is 10.7 Å². The van der Waals surface area contributed by atoms with Gasteiger partial charge in [-0.15, -0.1) is 0 Å². The van der Waals surface area contributed by atoms with Crippen molar-refractivity contribution in [3.8, 4) is 0 Å². The topological polar surface area (TPSA) is 61.9 Å². The lowest BCUT2D eigenvalue weighted by Gasteiger charge is -2.39. The normalized spacial score (nSPS) is 36.0. The Labute approximate surface area is 171 Å². The third-order valence-electron chi connectivity index (χ3n) is 8.05. The second-order valence-corrected chi connectivity index (χ2v) is 9.96. The Morgan fingerprint density at radius 2 is 1.64 bits per heavy atom. The van der Waals surface area contributed by atoms with Crippen LogP contribution in [-0.2, 0) is 4.79 Å². The monoisotopic (exact) mass is 388 g/mol. The molecule has 1 saturated heterocycles. The molecule has 4 rings (SSSR count). The first kappa shape index (κ1) is 20.2. The number of carbonyl (C=O) groups excluding carboxylic acids is 1. The van der Waals surface area contributed by atoms with Crippen LogP contribution in [-0.4, -0.2) is 53.9 Å². The maximum atomic E-state index is 13.1. The minimum atomic E-state index is 0.0487. The molecule has 2 heterocycles. The number of carbonyl (C=O) groups is 1. The number of likely N-dealkylation sites (tertiary alicyclic amines) is 1. The second-order valence-electron chi connectivity index (χ2n) is 9.96. The summed E-state index contributed by atoms with van der Waals surface area (Å²) < 4.78 is 0. The van der Waals surface area contributed by atoms with Crippen LogP contribution in [0.3, 0.4) is 0 Å². The summed E-state index contributed by atoms with van der Waals surface area (Å²) in [6.07, 6.45) is 16.7. The van der Waals surface area contributed by atoms with Gasteiger partial charge in [-0.05, 0) is 63.5 Å². The Morgan fingerprint density at radius 1 is 0.929 bits per heavy atom. The lowest BCUT2D eigenvalue weighted by molar-refractivity contribution is -0.133. The average Bonchev–Trinajstić information content (AvgIpc) is 3.25. The number of amides is 1. The zero-order valence-electron chi connectivity index (χ0n) is 17.8. The predicted molar refractivity (Wildman–Crippen MR) is 114 cm³/mol. The van der Waals surface area contributed by atoms with Gasteiger partial charge in [0, 0.05) is 13.1 Å². The van der Waals surface area contributed by atoms with Gasteiger partial charge in [0.25, 0.3) is 0 Å². The van der Waals surface area contributed by atoms with Gasteiger partial charge in [-0.2, -0.15) is 0 Å². The Balaban J connectivity index is 1.42. The van der Waals surface area contributed by atoms with E-state index in [-0.39, 0.29) is 17.9 Å². The summed E-state index contributed by atoms with van der Waals surface area (Å²) in [5.41, 5.74) is 6.13. The van der Waals surface area contributed by atoms with E-state index < -0.39 is 0 Å². The van der Waals surface area contributed by atoms with E-state index in [1.54, 1.807) is 11.9 Å². The quantitative estimate of drug-likeness (QED) is 0.780. The van der Waals surface area contributed by atoms with Crippen LogP contribution in [0, 0.1) is 17.8 Å². The molecule has 158 valence electrons. The van der Waals surface area contributed by atoms with E-state index >= 15 is 0 Å². The van der Waals surface area contributed by atoms with E-state index in [1.165, 1.54) is 83.7 Å². The summed E-state index contributed by atoms with van der Waals surface area (Å²) in [6, 6.07) is 0.870. The summed E-state index contributed by atoms with van der Waals surface area (Å²) in [7, 11) is 1.80. The molecule has 2 N–H and O–H groups in total. The summed E-state index contributed by atoms with van der Waals surface area (Å²) in [5, 5.41) is 0. The van der Waals surface area contributed by atoms with Crippen molar-refractivity contribution in [2.75, 3.05) is 20.1 Å². The van der Waals surface area contributed by atoms with Crippen molar-refractivity contribution >= 4 is 11.9 Å². The van der Waals surface area contributed by atoms with Crippen LogP contribution in [0.1, 0.15) is 83.5 Å². The number of hydrogen-bond acceptors (Lipinski definition) is 4. The van der Waals surface area contributed by atoms with Crippen molar-refractivity contribution in [2.45, 2.75) is 95.6 Å². The maximum absolute atomic E-state index is 13.1. The molecule has 0 radical (unpaired) electrons. The molecule has 28 heavy (non-hydrogen) atoms. The third kappa shape index (κ3) is 4.55. The maximum Gasteiger partial charge on any atom is 0.234 e. The molecule has 0 bridgehead atoms. The van der Waals surface area contributed by atoms with Gasteiger partial charge in [0.15, 0.2) is 5.96 Å². The zero-order valence-corrected chi connectivity index (χ0v) is 17.8. The van der Waals surface area contributed by atoms with Gasteiger partial charge in [0.05, 0.1) is 12.0 Å². The van der Waals surface area contributed by atoms with E-state index in [0.717, 1.165) is 18.9 Å². The fourth-order valence-electron chi connectivity index (χ4n) is 6.39. The summed E-state index contributed by atoms with van der Waals surface area (Å²) in [4.78, 5) is 22.3. The lowest BCUT2D eigenvalue weighted by atomic mass is 9.75. The van der Waals surface area contributed by atoms with Crippen molar-refractivity contribution in [3.05, 3.63) is 0 Å². The molecule has 2 saturated carbocycles. The Hall–Kier alpha value is -1.10. The fraction of sp³-hybridized carbons (Fsp3) is 0.913. The predicted octanol–water partition coefficient (Wildman–Crippen LogP) is 3.77. The standard InChI is InChI=1S/C23H40N4O/c1-26-22(28)20(15-17-8-3-2-4-9-17)21(25-23(26)24)16-18-10-7-11-19(14-18)27-12-5-6-13-27/h17-21H,2-16H2,1H3,(H2,24,25)/t18-,19-,20?,21?/m0/s1. The van der Waals surface area contributed by atoms with Gasteiger partial charge in [0.1, 0.15) is 0 Å². The number of nitrogens with two attached hydrogens (primary N) is 1. The fourth-order valence-corrected chi connectivity index (χ4v) is 6.39. The van der Waals surface area contributed by atoms with Crippen molar-refractivity contribution < 1.29 is 4.79 Å². The highest BCUT2D eigenvalue weighted by Crippen LogP contribution is 2.38. The van der Waals surface area contributed by atoms with E-state index in [1.807, 2.05) is 0 Å². The lowest BCUT2D eigenvalue weighted by Crippen LogP contribution is -2.51. The molecule has 3 fully saturated rings. The Bertz CT molecular complexity index is 565. The first-order valence-electron chi connectivity index (χ1n) is 12.0. The molecule has 5 nitrogen and oxygen atoms in total. The highest BCUT2D eigenvalue weighted by atomic mass is 16.2. The largest absolute Gasteiger partial charge is 0.369 e. The minimum absolute atomic E-state index is 0.0487. The highest BCUT2D eigenvalue weighted by molar-refractivity contribution is 5.99. The van der Waals surface area contributed by atoms with Crippen molar-refractivity contribution in [3.63, 3.8) is 0 Å². The Morgan fingerprint density at radius 3 is 2.39 bits per heavy atom. The molecule has 0 aromatic heterocycles. The summed E-state index contributed by atoms with van der Waals surface area (Å²) >= 11 is 0. The van der Waals surface area contributed by atoms with Crippen LogP contribution < -0.4 is 5.73 Å². The van der Waals surface area contributed by atoms with Gasteiger partial charge in [-0.3, -0.25) is 9.69 Å². The van der Waals surface area contributed by atoms with Crippen LogP contribution in [0.25, 0.3) is 0 Å². The molecule has 2 unspecified atom stereocenters. The van der Waals surface area contributed by atoms with Crippen LogP contribution >= 0.6 is 0 Å². The van der Waals surface area contributed by atoms with Gasteiger partial charge in [-0.25, -0.2) is 4.99 Å². The van der Waals surface area contributed by atoms with Crippen LogP contribution in [0.2, 0.25) is 0 Å². The summed E-state index contributed by atoms with van der Waals surface area (Å²) in [6.45, 7) is 2.58.